The lowest BCUT2D eigenvalue weighted by atomic mass is 10.1. The monoisotopic (exact) mass is 233 g/mol. The van der Waals surface area contributed by atoms with Gasteiger partial charge >= 0.3 is 0 Å². The van der Waals surface area contributed by atoms with E-state index in [1.165, 1.54) is 12.8 Å². The molecule has 0 radical (unpaired) electrons. The molecule has 2 aliphatic rings. The molecule has 1 saturated heterocycles. The van der Waals surface area contributed by atoms with E-state index in [9.17, 15) is 13.5 Å². The molecule has 0 aromatic heterocycles. The Morgan fingerprint density at radius 2 is 2.00 bits per heavy atom. The average Bonchev–Trinajstić information content (AvgIpc) is 2.89. The maximum Gasteiger partial charge on any atom is 0.154 e. The van der Waals surface area contributed by atoms with Gasteiger partial charge in [0, 0.05) is 6.54 Å². The first-order chi connectivity index (χ1) is 7.02. The van der Waals surface area contributed by atoms with Gasteiger partial charge in [0.2, 0.25) is 0 Å². The van der Waals surface area contributed by atoms with E-state index in [1.807, 2.05) is 6.92 Å². The molecule has 1 heterocycles. The van der Waals surface area contributed by atoms with Crippen LogP contribution in [0.4, 0.5) is 0 Å². The van der Waals surface area contributed by atoms with Crippen LogP contribution in [-0.4, -0.2) is 55.2 Å². The molecule has 88 valence electrons. The van der Waals surface area contributed by atoms with Gasteiger partial charge in [0.1, 0.15) is 0 Å². The van der Waals surface area contributed by atoms with Gasteiger partial charge in [-0.05, 0) is 25.3 Å². The second-order valence-electron chi connectivity index (χ2n) is 4.74. The number of hydrogen-bond donors (Lipinski definition) is 1. The van der Waals surface area contributed by atoms with Gasteiger partial charge in [0.25, 0.3) is 0 Å². The molecule has 5 heteroatoms. The molecule has 0 bridgehead atoms. The van der Waals surface area contributed by atoms with Crippen molar-refractivity contribution >= 4 is 9.84 Å². The molecule has 1 N–H and O–H groups in total. The van der Waals surface area contributed by atoms with Gasteiger partial charge in [-0.1, -0.05) is 6.92 Å². The Hall–Kier alpha value is -0.130. The maximum absolute atomic E-state index is 11.4. The Kier molecular flexibility index (Phi) is 3.05. The van der Waals surface area contributed by atoms with Gasteiger partial charge in [-0.25, -0.2) is 8.42 Å². The number of aliphatic hydroxyl groups is 1. The molecule has 0 aromatic carbocycles. The second-order valence-corrected chi connectivity index (χ2v) is 6.90. The van der Waals surface area contributed by atoms with Gasteiger partial charge in [0.05, 0.1) is 23.7 Å². The Labute approximate surface area is 91.2 Å². The zero-order valence-corrected chi connectivity index (χ0v) is 9.91. The summed E-state index contributed by atoms with van der Waals surface area (Å²) in [7, 11) is -3.01. The lowest BCUT2D eigenvalue weighted by molar-refractivity contribution is 0.0835. The molecule has 1 saturated carbocycles. The van der Waals surface area contributed by atoms with Crippen molar-refractivity contribution in [3.63, 3.8) is 0 Å². The minimum absolute atomic E-state index is 0.0567. The number of aliphatic hydroxyl groups excluding tert-OH is 1. The summed E-state index contributed by atoms with van der Waals surface area (Å²) in [6.45, 7) is 3.81. The van der Waals surface area contributed by atoms with Crippen molar-refractivity contribution in [2.75, 3.05) is 24.6 Å². The Morgan fingerprint density at radius 1 is 1.33 bits per heavy atom. The fourth-order valence-electron chi connectivity index (χ4n) is 2.29. The standard InChI is InChI=1S/C10H19NO3S/c1-2-11(5-8-3-4-8)9-6-15(13,14)7-10(9)12/h8-10,12H,2-7H2,1H3. The molecular weight excluding hydrogens is 214 g/mol. The summed E-state index contributed by atoms with van der Waals surface area (Å²) in [6.07, 6.45) is 1.83. The molecule has 0 aromatic rings. The molecule has 1 aliphatic heterocycles. The van der Waals surface area contributed by atoms with Crippen LogP contribution in [0.1, 0.15) is 19.8 Å². The van der Waals surface area contributed by atoms with E-state index in [1.54, 1.807) is 0 Å². The van der Waals surface area contributed by atoms with Crippen LogP contribution in [0.25, 0.3) is 0 Å². The number of hydrogen-bond acceptors (Lipinski definition) is 4. The highest BCUT2D eigenvalue weighted by Crippen LogP contribution is 2.31. The fourth-order valence-corrected chi connectivity index (χ4v) is 4.12. The molecule has 0 spiro atoms. The van der Waals surface area contributed by atoms with Crippen LogP contribution in [0, 0.1) is 5.92 Å². The maximum atomic E-state index is 11.4. The van der Waals surface area contributed by atoms with Crippen LogP contribution in [0.2, 0.25) is 0 Å². The average molecular weight is 233 g/mol. The summed E-state index contributed by atoms with van der Waals surface area (Å²) in [5, 5.41) is 9.74. The zero-order valence-electron chi connectivity index (χ0n) is 9.09. The van der Waals surface area contributed by atoms with E-state index in [4.69, 9.17) is 0 Å². The first-order valence-electron chi connectivity index (χ1n) is 5.64. The van der Waals surface area contributed by atoms with E-state index in [2.05, 4.69) is 4.90 Å². The van der Waals surface area contributed by atoms with Crippen molar-refractivity contribution in [2.45, 2.75) is 31.9 Å². The molecule has 15 heavy (non-hydrogen) atoms. The molecule has 2 rings (SSSR count). The van der Waals surface area contributed by atoms with Crippen LogP contribution in [0.15, 0.2) is 0 Å². The lowest BCUT2D eigenvalue weighted by Gasteiger charge is -2.28. The number of sulfone groups is 1. The Balaban J connectivity index is 2.00. The molecule has 4 nitrogen and oxygen atoms in total. The van der Waals surface area contributed by atoms with Crippen molar-refractivity contribution in [3.8, 4) is 0 Å². The van der Waals surface area contributed by atoms with Crippen LogP contribution in [0.5, 0.6) is 0 Å². The number of nitrogens with zero attached hydrogens (tertiary/aromatic N) is 1. The zero-order chi connectivity index (χ0) is 11.1. The lowest BCUT2D eigenvalue weighted by Crippen LogP contribution is -2.44. The van der Waals surface area contributed by atoms with Crippen LogP contribution >= 0.6 is 0 Å². The summed E-state index contributed by atoms with van der Waals surface area (Å²) < 4.78 is 22.8. The van der Waals surface area contributed by atoms with Crippen molar-refractivity contribution in [1.29, 1.82) is 0 Å². The normalized spacial score (nSPS) is 34.9. The smallest absolute Gasteiger partial charge is 0.154 e. The fraction of sp³-hybridized carbons (Fsp3) is 1.00. The minimum atomic E-state index is -3.01. The van der Waals surface area contributed by atoms with E-state index in [0.29, 0.717) is 0 Å². The van der Waals surface area contributed by atoms with Gasteiger partial charge in [-0.2, -0.15) is 0 Å². The molecule has 2 fully saturated rings. The van der Waals surface area contributed by atoms with Crippen LogP contribution in [-0.2, 0) is 9.84 Å². The summed E-state index contributed by atoms with van der Waals surface area (Å²) >= 11 is 0. The van der Waals surface area contributed by atoms with Gasteiger partial charge in [-0.3, -0.25) is 4.90 Å². The molecule has 0 amide bonds. The highest BCUT2D eigenvalue weighted by molar-refractivity contribution is 7.91. The molecular formula is C10H19NO3S. The third-order valence-corrected chi connectivity index (χ3v) is 5.06. The first kappa shape index (κ1) is 11.4. The Bertz CT molecular complexity index is 324. The third kappa shape index (κ3) is 2.71. The van der Waals surface area contributed by atoms with Gasteiger partial charge in [0.15, 0.2) is 9.84 Å². The van der Waals surface area contributed by atoms with Gasteiger partial charge < -0.3 is 5.11 Å². The first-order valence-corrected chi connectivity index (χ1v) is 7.46. The Morgan fingerprint density at radius 3 is 2.40 bits per heavy atom. The van der Waals surface area contributed by atoms with Gasteiger partial charge in [-0.15, -0.1) is 0 Å². The summed E-state index contributed by atoms with van der Waals surface area (Å²) in [6, 6.07) is -0.166. The molecule has 1 aliphatic carbocycles. The van der Waals surface area contributed by atoms with E-state index < -0.39 is 15.9 Å². The van der Waals surface area contributed by atoms with E-state index in [-0.39, 0.29) is 17.5 Å². The van der Waals surface area contributed by atoms with E-state index in [0.717, 1.165) is 19.0 Å². The summed E-state index contributed by atoms with van der Waals surface area (Å²) in [4.78, 5) is 2.13. The van der Waals surface area contributed by atoms with Crippen LogP contribution in [0.3, 0.4) is 0 Å². The quantitative estimate of drug-likeness (QED) is 0.735. The highest BCUT2D eigenvalue weighted by atomic mass is 32.2. The van der Waals surface area contributed by atoms with E-state index >= 15 is 0 Å². The minimum Gasteiger partial charge on any atom is -0.390 e. The van der Waals surface area contributed by atoms with Crippen molar-refractivity contribution in [1.82, 2.24) is 4.90 Å². The number of likely N-dealkylation sites (N-methyl/N-ethyl adjacent to an activating group) is 1. The predicted octanol–water partition coefficient (Wildman–Crippen LogP) is -0.124. The predicted molar refractivity (Wildman–Crippen MR) is 58.4 cm³/mol. The highest BCUT2D eigenvalue weighted by Gasteiger charge is 2.40. The van der Waals surface area contributed by atoms with Crippen molar-refractivity contribution < 1.29 is 13.5 Å². The third-order valence-electron chi connectivity index (χ3n) is 3.36. The SMILES string of the molecule is CCN(CC1CC1)C1CS(=O)(=O)CC1O. The topological polar surface area (TPSA) is 57.6 Å². The van der Waals surface area contributed by atoms with Crippen molar-refractivity contribution in [3.05, 3.63) is 0 Å². The second kappa shape index (κ2) is 4.03. The van der Waals surface area contributed by atoms with Crippen LogP contribution < -0.4 is 0 Å². The largest absolute Gasteiger partial charge is 0.390 e. The molecule has 2 unspecified atom stereocenters. The molecule has 2 atom stereocenters. The summed E-state index contributed by atoms with van der Waals surface area (Å²) in [5.41, 5.74) is 0. The van der Waals surface area contributed by atoms with Crippen molar-refractivity contribution in [2.24, 2.45) is 5.92 Å². The summed E-state index contributed by atoms with van der Waals surface area (Å²) in [5.74, 6) is 0.813. The number of rotatable bonds is 4.